The highest BCUT2D eigenvalue weighted by molar-refractivity contribution is 7.82. The summed E-state index contributed by atoms with van der Waals surface area (Å²) in [5, 5.41) is 20.7. The summed E-state index contributed by atoms with van der Waals surface area (Å²) in [5.74, 6) is -0.469. The molecule has 1 amide bonds. The van der Waals surface area contributed by atoms with E-state index in [1.165, 1.54) is 24.3 Å². The minimum absolute atomic E-state index is 0.00813. The highest BCUT2D eigenvalue weighted by Crippen LogP contribution is 2.28. The molecule has 0 aliphatic heterocycles. The first-order chi connectivity index (χ1) is 14.6. The number of carbonyl (C=O) groups is 1. The molecule has 3 rings (SSSR count). The molecule has 0 unspecified atom stereocenters. The number of anilines is 2. The number of allylic oxidation sites excluding steroid dienone is 1. The predicted octanol–water partition coefficient (Wildman–Crippen LogP) is 5.77. The van der Waals surface area contributed by atoms with Gasteiger partial charge in [-0.3, -0.25) is 15.5 Å². The number of rotatable bonds is 6. The van der Waals surface area contributed by atoms with Crippen molar-refractivity contribution in [2.24, 2.45) is 0 Å². The summed E-state index contributed by atoms with van der Waals surface area (Å²) in [6.07, 6.45) is -4.16. The van der Waals surface area contributed by atoms with Gasteiger partial charge >= 0.3 is 6.18 Å². The quantitative estimate of drug-likeness (QED) is 0.203. The number of para-hydroxylation sites is 1. The maximum atomic E-state index is 12.9. The molecule has 2 aromatic carbocycles. The monoisotopic (exact) mass is 483 g/mol. The second kappa shape index (κ2) is 9.50. The number of carbonyl (C=O) groups excluding carboxylic acids is 1. The molecule has 0 aliphatic carbocycles. The van der Waals surface area contributed by atoms with Crippen molar-refractivity contribution in [3.63, 3.8) is 0 Å². The Kier molecular flexibility index (Phi) is 6.98. The van der Waals surface area contributed by atoms with Gasteiger partial charge in [0.25, 0.3) is 5.91 Å². The van der Waals surface area contributed by atoms with Crippen molar-refractivity contribution >= 4 is 63.7 Å². The van der Waals surface area contributed by atoms with Crippen LogP contribution < -0.4 is 10.6 Å². The van der Waals surface area contributed by atoms with Crippen LogP contribution >= 0.6 is 35.6 Å². The lowest BCUT2D eigenvalue weighted by Crippen LogP contribution is -2.20. The average Bonchev–Trinajstić information content (AvgIpc) is 3.13. The van der Waals surface area contributed by atoms with Crippen molar-refractivity contribution < 1.29 is 18.0 Å². The number of amides is 1. The molecule has 0 fully saturated rings. The molecular weight excluding hydrogens is 471 g/mol. The number of alkyl halides is 3. The van der Waals surface area contributed by atoms with Gasteiger partial charge in [0, 0.05) is 11.3 Å². The van der Waals surface area contributed by atoms with Crippen LogP contribution in [0.3, 0.4) is 0 Å². The van der Waals surface area contributed by atoms with Gasteiger partial charge in [-0.15, -0.1) is 22.8 Å². The minimum Gasteiger partial charge on any atom is -0.354 e. The number of thiol groups is 1. The molecule has 3 N–H and O–H groups in total. The number of benzene rings is 2. The Morgan fingerprint density at radius 3 is 2.29 bits per heavy atom. The molecule has 31 heavy (non-hydrogen) atoms. The van der Waals surface area contributed by atoms with Crippen molar-refractivity contribution in [1.82, 2.24) is 10.2 Å². The zero-order valence-electron chi connectivity index (χ0n) is 15.4. The van der Waals surface area contributed by atoms with E-state index in [0.29, 0.717) is 26.7 Å². The number of hydrogen-bond donors (Lipinski definition) is 4. The Morgan fingerprint density at radius 1 is 1.06 bits per heavy atom. The SMILES string of the molecule is N=C(/C=C(\Nc1ccccc1Cl)c1ccc(C(=O)Nc2nnc(S)s2)cc1)C(F)(F)F. The highest BCUT2D eigenvalue weighted by Gasteiger charge is 2.33. The summed E-state index contributed by atoms with van der Waals surface area (Å²) in [6.45, 7) is 0. The fourth-order valence-electron chi connectivity index (χ4n) is 2.36. The molecule has 0 spiro atoms. The third-order valence-corrected chi connectivity index (χ3v) is 5.16. The van der Waals surface area contributed by atoms with Crippen LogP contribution in [-0.2, 0) is 0 Å². The van der Waals surface area contributed by atoms with Crippen molar-refractivity contribution in [1.29, 1.82) is 5.41 Å². The van der Waals surface area contributed by atoms with E-state index in [9.17, 15) is 18.0 Å². The number of halogens is 4. The molecule has 0 bridgehead atoms. The van der Waals surface area contributed by atoms with Crippen LogP contribution in [0.15, 0.2) is 58.9 Å². The first kappa shape index (κ1) is 22.8. The molecule has 0 radical (unpaired) electrons. The summed E-state index contributed by atoms with van der Waals surface area (Å²) in [7, 11) is 0. The van der Waals surface area contributed by atoms with E-state index in [4.69, 9.17) is 17.0 Å². The number of hydrogen-bond acceptors (Lipinski definition) is 7. The molecule has 1 aromatic heterocycles. The Labute approximate surface area is 189 Å². The number of aromatic nitrogens is 2. The fourth-order valence-corrected chi connectivity index (χ4v) is 3.33. The summed E-state index contributed by atoms with van der Waals surface area (Å²) in [4.78, 5) is 12.3. The molecule has 6 nitrogen and oxygen atoms in total. The zero-order chi connectivity index (χ0) is 22.6. The molecule has 0 saturated carbocycles. The van der Waals surface area contributed by atoms with Crippen molar-refractivity contribution in [2.75, 3.05) is 10.6 Å². The minimum atomic E-state index is -4.82. The zero-order valence-corrected chi connectivity index (χ0v) is 17.8. The standard InChI is InChI=1S/C19H13ClF3N5OS2/c20-12-3-1-2-4-13(12)25-14(9-15(24)19(21,22)23)10-5-7-11(8-6-10)16(29)26-17-27-28-18(30)31-17/h1-9,24-25H,(H,28,30)(H,26,27,29)/b14-9-,24-15?. The lowest BCUT2D eigenvalue weighted by atomic mass is 10.1. The summed E-state index contributed by atoms with van der Waals surface area (Å²) in [6, 6.07) is 12.3. The molecular formula is C19H13ClF3N5OS2. The second-order valence-corrected chi connectivity index (χ2v) is 8.11. The molecule has 12 heteroatoms. The largest absolute Gasteiger partial charge is 0.432 e. The number of nitrogens with zero attached hydrogens (tertiary/aromatic N) is 2. The van der Waals surface area contributed by atoms with Gasteiger partial charge in [0.05, 0.1) is 10.7 Å². The van der Waals surface area contributed by atoms with Crippen LogP contribution in [0, 0.1) is 5.41 Å². The van der Waals surface area contributed by atoms with Crippen molar-refractivity contribution in [3.8, 4) is 0 Å². The van der Waals surface area contributed by atoms with E-state index < -0.39 is 17.8 Å². The first-order valence-corrected chi connectivity index (χ1v) is 10.1. The van der Waals surface area contributed by atoms with E-state index in [1.54, 1.807) is 24.3 Å². The molecule has 3 aromatic rings. The normalized spacial score (nSPS) is 11.8. The van der Waals surface area contributed by atoms with E-state index in [1.807, 2.05) is 0 Å². The Bertz CT molecular complexity index is 1150. The van der Waals surface area contributed by atoms with E-state index in [-0.39, 0.29) is 16.4 Å². The van der Waals surface area contributed by atoms with Crippen LogP contribution in [-0.4, -0.2) is 28.0 Å². The van der Waals surface area contributed by atoms with Crippen LogP contribution in [0.4, 0.5) is 24.0 Å². The van der Waals surface area contributed by atoms with Gasteiger partial charge in [0.15, 0.2) is 4.34 Å². The van der Waals surface area contributed by atoms with Crippen molar-refractivity contribution in [2.45, 2.75) is 10.5 Å². The fraction of sp³-hybridized carbons (Fsp3) is 0.0526. The first-order valence-electron chi connectivity index (χ1n) is 8.47. The summed E-state index contributed by atoms with van der Waals surface area (Å²) < 4.78 is 39.2. The Hall–Kier alpha value is -2.89. The summed E-state index contributed by atoms with van der Waals surface area (Å²) in [5.41, 5.74) is -0.610. The van der Waals surface area contributed by atoms with Crippen LogP contribution in [0.2, 0.25) is 5.02 Å². The molecule has 0 aliphatic rings. The maximum Gasteiger partial charge on any atom is 0.432 e. The molecule has 160 valence electrons. The van der Waals surface area contributed by atoms with E-state index in [0.717, 1.165) is 11.3 Å². The van der Waals surface area contributed by atoms with E-state index >= 15 is 0 Å². The topological polar surface area (TPSA) is 90.8 Å². The average molecular weight is 484 g/mol. The van der Waals surface area contributed by atoms with Gasteiger partial charge in [-0.2, -0.15) is 13.2 Å². The Balaban J connectivity index is 1.88. The summed E-state index contributed by atoms with van der Waals surface area (Å²) >= 11 is 11.2. The smallest absolute Gasteiger partial charge is 0.354 e. The lowest BCUT2D eigenvalue weighted by Gasteiger charge is -2.14. The van der Waals surface area contributed by atoms with E-state index in [2.05, 4.69) is 33.5 Å². The molecule has 0 saturated heterocycles. The molecule has 1 heterocycles. The molecule has 0 atom stereocenters. The van der Waals surface area contributed by atoms with Gasteiger partial charge in [-0.05, 0) is 35.9 Å². The van der Waals surface area contributed by atoms with Crippen molar-refractivity contribution in [3.05, 3.63) is 70.8 Å². The Morgan fingerprint density at radius 2 is 1.71 bits per heavy atom. The maximum absolute atomic E-state index is 12.9. The van der Waals surface area contributed by atoms with Crippen LogP contribution in [0.1, 0.15) is 15.9 Å². The third-order valence-electron chi connectivity index (χ3n) is 3.83. The lowest BCUT2D eigenvalue weighted by molar-refractivity contribution is -0.0583. The van der Waals surface area contributed by atoms with Gasteiger partial charge in [-0.25, -0.2) is 0 Å². The van der Waals surface area contributed by atoms with Crippen LogP contribution in [0.5, 0.6) is 0 Å². The highest BCUT2D eigenvalue weighted by atomic mass is 35.5. The number of nitrogens with one attached hydrogen (secondary N) is 3. The van der Waals surface area contributed by atoms with Gasteiger partial charge in [0.2, 0.25) is 5.13 Å². The van der Waals surface area contributed by atoms with Gasteiger partial charge in [-0.1, -0.05) is 47.2 Å². The second-order valence-electron chi connectivity index (χ2n) is 6.00. The third kappa shape index (κ3) is 6.06. The van der Waals surface area contributed by atoms with Gasteiger partial charge in [0.1, 0.15) is 5.71 Å². The predicted molar refractivity (Wildman–Crippen MR) is 118 cm³/mol. The van der Waals surface area contributed by atoms with Crippen LogP contribution in [0.25, 0.3) is 5.70 Å². The van der Waals surface area contributed by atoms with Gasteiger partial charge < -0.3 is 5.32 Å².